The van der Waals surface area contributed by atoms with Crippen LogP contribution in [0.15, 0.2) is 19.0 Å². The Balaban J connectivity index is 2.92. The van der Waals surface area contributed by atoms with Gasteiger partial charge in [0.1, 0.15) is 12.4 Å². The fourth-order valence-electron chi connectivity index (χ4n) is 1.31. The molecule has 0 fully saturated rings. The Labute approximate surface area is 98.4 Å². The number of hydrogen-bond donors (Lipinski definition) is 2. The van der Waals surface area contributed by atoms with Gasteiger partial charge in [-0.05, 0) is 12.8 Å². The highest BCUT2D eigenvalue weighted by Crippen LogP contribution is 2.15. The average molecular weight is 239 g/mol. The molecule has 0 saturated heterocycles. The summed E-state index contributed by atoms with van der Waals surface area (Å²) >= 11 is 0. The van der Waals surface area contributed by atoms with Gasteiger partial charge in [0.25, 0.3) is 0 Å². The van der Waals surface area contributed by atoms with E-state index in [4.69, 9.17) is 5.11 Å². The summed E-state index contributed by atoms with van der Waals surface area (Å²) < 4.78 is 13.7. The van der Waals surface area contributed by atoms with E-state index in [-0.39, 0.29) is 17.9 Å². The number of halogens is 1. The van der Waals surface area contributed by atoms with Crippen molar-refractivity contribution in [3.63, 3.8) is 0 Å². The van der Waals surface area contributed by atoms with E-state index in [0.29, 0.717) is 6.42 Å². The Bertz CT molecular complexity index is 423. The van der Waals surface area contributed by atoms with Crippen molar-refractivity contribution in [2.75, 3.05) is 5.32 Å². The first-order valence-corrected chi connectivity index (χ1v) is 5.19. The van der Waals surface area contributed by atoms with Crippen LogP contribution in [-0.4, -0.2) is 27.1 Å². The highest BCUT2D eigenvalue weighted by molar-refractivity contribution is 5.77. The molecule has 17 heavy (non-hydrogen) atoms. The maximum atomic E-state index is 13.7. The smallest absolute Gasteiger partial charge is 0.326 e. The van der Waals surface area contributed by atoms with E-state index in [2.05, 4.69) is 21.9 Å². The molecule has 0 aliphatic carbocycles. The molecule has 5 nitrogen and oxygen atoms in total. The number of hydrogen-bond acceptors (Lipinski definition) is 4. The number of nitrogens with one attached hydrogen (secondary N) is 1. The van der Waals surface area contributed by atoms with E-state index in [1.807, 2.05) is 0 Å². The van der Waals surface area contributed by atoms with Crippen LogP contribution < -0.4 is 5.32 Å². The lowest BCUT2D eigenvalue weighted by molar-refractivity contribution is -0.137. The third kappa shape index (κ3) is 3.24. The number of nitrogens with zero attached hydrogens (tertiary/aromatic N) is 2. The summed E-state index contributed by atoms with van der Waals surface area (Å²) in [5.74, 6) is -1.78. The third-order valence-electron chi connectivity index (χ3n) is 2.21. The molecule has 1 heterocycles. The summed E-state index contributed by atoms with van der Waals surface area (Å²) in [4.78, 5) is 18.3. The fraction of sp³-hybridized carbons (Fsp3) is 0.364. The molecular formula is C11H14FN3O2. The van der Waals surface area contributed by atoms with Crippen LogP contribution in [0.1, 0.15) is 19.0 Å². The third-order valence-corrected chi connectivity index (χ3v) is 2.21. The van der Waals surface area contributed by atoms with Crippen LogP contribution in [0.4, 0.5) is 10.2 Å². The molecule has 0 amide bonds. The van der Waals surface area contributed by atoms with Crippen LogP contribution in [0, 0.1) is 5.82 Å². The lowest BCUT2D eigenvalue weighted by atomic mass is 10.2. The normalized spacial score (nSPS) is 11.9. The summed E-state index contributed by atoms with van der Waals surface area (Å²) in [5.41, 5.74) is 0.255. The van der Waals surface area contributed by atoms with Crippen molar-refractivity contribution < 1.29 is 14.3 Å². The number of carboxylic acids is 1. The molecule has 0 bridgehead atoms. The Kier molecular flexibility index (Phi) is 4.56. The quantitative estimate of drug-likeness (QED) is 0.738. The summed E-state index contributed by atoms with van der Waals surface area (Å²) in [6.45, 7) is 5.21. The van der Waals surface area contributed by atoms with E-state index in [1.54, 1.807) is 6.92 Å². The number of carboxylic acid groups (broad SMARTS) is 1. The first kappa shape index (κ1) is 13.1. The van der Waals surface area contributed by atoms with Crippen LogP contribution in [0.5, 0.6) is 0 Å². The van der Waals surface area contributed by atoms with Gasteiger partial charge in [-0.1, -0.05) is 13.0 Å². The fourth-order valence-corrected chi connectivity index (χ4v) is 1.31. The molecule has 0 aliphatic rings. The molecule has 92 valence electrons. The van der Waals surface area contributed by atoms with Gasteiger partial charge in [0, 0.05) is 0 Å². The lowest BCUT2D eigenvalue weighted by Gasteiger charge is -2.14. The monoisotopic (exact) mass is 239 g/mol. The van der Waals surface area contributed by atoms with Gasteiger partial charge in [-0.2, -0.15) is 0 Å². The molecule has 1 aromatic heterocycles. The molecule has 2 N–H and O–H groups in total. The first-order chi connectivity index (χ1) is 8.10. The topological polar surface area (TPSA) is 75.1 Å². The number of rotatable bonds is 6. The second-order valence-electron chi connectivity index (χ2n) is 3.40. The molecule has 0 aliphatic heterocycles. The molecule has 1 unspecified atom stereocenters. The van der Waals surface area contributed by atoms with Crippen LogP contribution in [0.3, 0.4) is 0 Å². The van der Waals surface area contributed by atoms with E-state index < -0.39 is 17.8 Å². The predicted molar refractivity (Wildman–Crippen MR) is 61.2 cm³/mol. The molecular weight excluding hydrogens is 225 g/mol. The second-order valence-corrected chi connectivity index (χ2v) is 3.40. The Morgan fingerprint density at radius 1 is 1.71 bits per heavy atom. The lowest BCUT2D eigenvalue weighted by Crippen LogP contribution is -2.29. The van der Waals surface area contributed by atoms with E-state index >= 15 is 0 Å². The van der Waals surface area contributed by atoms with E-state index in [1.165, 1.54) is 12.4 Å². The van der Waals surface area contributed by atoms with Crippen molar-refractivity contribution in [3.05, 3.63) is 30.5 Å². The zero-order valence-corrected chi connectivity index (χ0v) is 9.48. The van der Waals surface area contributed by atoms with Gasteiger partial charge in [-0.3, -0.25) is 0 Å². The molecule has 0 spiro atoms. The number of aliphatic carboxylic acids is 1. The Morgan fingerprint density at radius 3 is 2.94 bits per heavy atom. The van der Waals surface area contributed by atoms with Gasteiger partial charge in [0.15, 0.2) is 11.6 Å². The number of anilines is 1. The molecule has 0 aromatic carbocycles. The maximum Gasteiger partial charge on any atom is 0.326 e. The van der Waals surface area contributed by atoms with E-state index in [9.17, 15) is 9.18 Å². The molecule has 1 rings (SSSR count). The van der Waals surface area contributed by atoms with Crippen LogP contribution in [-0.2, 0) is 11.2 Å². The summed E-state index contributed by atoms with van der Waals surface area (Å²) in [6.07, 6.45) is 3.26. The Hall–Kier alpha value is -1.98. The summed E-state index contributed by atoms with van der Waals surface area (Å²) in [5, 5.41) is 11.4. The van der Waals surface area contributed by atoms with Crippen LogP contribution >= 0.6 is 0 Å². The first-order valence-electron chi connectivity index (χ1n) is 5.19. The minimum absolute atomic E-state index is 0.0916. The minimum atomic E-state index is -1.08. The number of aromatic nitrogens is 2. The molecule has 1 aromatic rings. The number of aryl methyl sites for hydroxylation is 1. The molecule has 0 saturated carbocycles. The van der Waals surface area contributed by atoms with Crippen LogP contribution in [0.25, 0.3) is 0 Å². The standard InChI is InChI=1S/C11H14FN3O2/c1-3-5-8(11(16)17)15-10-9(12)7(4-2)13-6-14-10/h3,6,8H,1,4-5H2,2H3,(H,16,17)(H,13,14,15). The maximum absolute atomic E-state index is 13.7. The van der Waals surface area contributed by atoms with Crippen molar-refractivity contribution in [1.82, 2.24) is 9.97 Å². The zero-order chi connectivity index (χ0) is 12.8. The minimum Gasteiger partial charge on any atom is -0.480 e. The summed E-state index contributed by atoms with van der Waals surface area (Å²) in [6, 6.07) is -0.943. The zero-order valence-electron chi connectivity index (χ0n) is 9.48. The Morgan fingerprint density at radius 2 is 2.41 bits per heavy atom. The van der Waals surface area contributed by atoms with Crippen molar-refractivity contribution in [2.45, 2.75) is 25.8 Å². The molecule has 0 radical (unpaired) electrons. The SMILES string of the molecule is C=CCC(Nc1ncnc(CC)c1F)C(=O)O. The van der Waals surface area contributed by atoms with Gasteiger partial charge in [-0.15, -0.1) is 6.58 Å². The molecule has 1 atom stereocenters. The van der Waals surface area contributed by atoms with Crippen LogP contribution in [0.2, 0.25) is 0 Å². The van der Waals surface area contributed by atoms with Crippen molar-refractivity contribution in [3.8, 4) is 0 Å². The highest BCUT2D eigenvalue weighted by atomic mass is 19.1. The number of carbonyl (C=O) groups is 1. The van der Waals surface area contributed by atoms with Gasteiger partial charge >= 0.3 is 5.97 Å². The predicted octanol–water partition coefficient (Wildman–Crippen LogP) is 1.62. The van der Waals surface area contributed by atoms with E-state index in [0.717, 1.165) is 0 Å². The van der Waals surface area contributed by atoms with Gasteiger partial charge in [0.2, 0.25) is 0 Å². The van der Waals surface area contributed by atoms with Crippen molar-refractivity contribution in [2.24, 2.45) is 0 Å². The molecule has 6 heteroatoms. The van der Waals surface area contributed by atoms with Crippen molar-refractivity contribution in [1.29, 1.82) is 0 Å². The largest absolute Gasteiger partial charge is 0.480 e. The highest BCUT2D eigenvalue weighted by Gasteiger charge is 2.19. The van der Waals surface area contributed by atoms with Gasteiger partial charge in [0.05, 0.1) is 5.69 Å². The van der Waals surface area contributed by atoms with Gasteiger partial charge < -0.3 is 10.4 Å². The van der Waals surface area contributed by atoms with Crippen molar-refractivity contribution >= 4 is 11.8 Å². The average Bonchev–Trinajstić information content (AvgIpc) is 2.30. The second kappa shape index (κ2) is 5.93. The van der Waals surface area contributed by atoms with Gasteiger partial charge in [-0.25, -0.2) is 19.2 Å². The summed E-state index contributed by atoms with van der Waals surface area (Å²) in [7, 11) is 0.